The first-order chi connectivity index (χ1) is 12.5. The van der Waals surface area contributed by atoms with Gasteiger partial charge in [-0.3, -0.25) is 4.79 Å². The third-order valence-electron chi connectivity index (χ3n) is 4.76. The Hall–Kier alpha value is -0.920. The van der Waals surface area contributed by atoms with Crippen LogP contribution in [0.15, 0.2) is 34.9 Å². The first kappa shape index (κ1) is 25.1. The summed E-state index contributed by atoms with van der Waals surface area (Å²) < 4.78 is 5.80. The van der Waals surface area contributed by atoms with Gasteiger partial charge >= 0.3 is 0 Å². The molecule has 0 spiro atoms. The Morgan fingerprint density at radius 1 is 1.39 bits per heavy atom. The monoisotopic (exact) mass is 465 g/mol. The summed E-state index contributed by atoms with van der Waals surface area (Å²) in [4.78, 5) is 19.0. The topological polar surface area (TPSA) is 72.4 Å². The Bertz CT molecular complexity index is 757. The average molecular weight is 467 g/mol. The van der Waals surface area contributed by atoms with Crippen molar-refractivity contribution in [3.05, 3.63) is 41.4 Å². The summed E-state index contributed by atoms with van der Waals surface area (Å²) >= 11 is 7.45. The Morgan fingerprint density at radius 3 is 2.68 bits per heavy atom. The van der Waals surface area contributed by atoms with Gasteiger partial charge in [0.1, 0.15) is 0 Å². The lowest BCUT2D eigenvalue weighted by Crippen LogP contribution is -2.39. The Labute approximate surface area is 187 Å². The van der Waals surface area contributed by atoms with Gasteiger partial charge in [-0.1, -0.05) is 11.6 Å². The maximum absolute atomic E-state index is 12.7. The van der Waals surface area contributed by atoms with Crippen LogP contribution in [0.3, 0.4) is 0 Å². The molecule has 0 saturated carbocycles. The molecule has 1 aromatic heterocycles. The summed E-state index contributed by atoms with van der Waals surface area (Å²) in [5, 5.41) is 0.546. The van der Waals surface area contributed by atoms with Gasteiger partial charge < -0.3 is 15.1 Å². The summed E-state index contributed by atoms with van der Waals surface area (Å²) in [5.41, 5.74) is 6.69. The summed E-state index contributed by atoms with van der Waals surface area (Å²) in [5.74, 6) is 2.47. The molecule has 2 N–H and O–H groups in total. The van der Waals surface area contributed by atoms with Crippen LogP contribution in [0, 0.1) is 5.92 Å². The molecule has 1 aliphatic rings. The van der Waals surface area contributed by atoms with E-state index in [1.807, 2.05) is 36.1 Å². The first-order valence-corrected chi connectivity index (χ1v) is 10.2. The molecule has 9 heteroatoms. The standard InChI is InChI=1S/C19H24ClN3O2S.2ClH/c1-12-7-14(8-21)10-23(12)19(24)13(2)26-11-18-22-9-17(25-18)15-3-5-16(20)6-4-15;;/h3-6,9,12-14H,7-8,10-11,21H2,1-2H3;2*1H. The molecule has 28 heavy (non-hydrogen) atoms. The van der Waals surface area contributed by atoms with E-state index in [9.17, 15) is 4.79 Å². The molecule has 1 aromatic carbocycles. The van der Waals surface area contributed by atoms with Crippen molar-refractivity contribution in [2.24, 2.45) is 11.7 Å². The van der Waals surface area contributed by atoms with Gasteiger partial charge in [0.15, 0.2) is 5.76 Å². The minimum Gasteiger partial charge on any atom is -0.440 e. The Balaban J connectivity index is 0.00000196. The van der Waals surface area contributed by atoms with Gasteiger partial charge in [-0.25, -0.2) is 4.98 Å². The molecule has 1 amide bonds. The number of hydrogen-bond acceptors (Lipinski definition) is 5. The first-order valence-electron chi connectivity index (χ1n) is 8.80. The fourth-order valence-corrected chi connectivity index (χ4v) is 4.18. The van der Waals surface area contributed by atoms with Crippen molar-refractivity contribution in [3.8, 4) is 11.3 Å². The van der Waals surface area contributed by atoms with Crippen LogP contribution in [-0.2, 0) is 10.5 Å². The van der Waals surface area contributed by atoms with E-state index in [4.69, 9.17) is 21.8 Å². The minimum absolute atomic E-state index is 0. The van der Waals surface area contributed by atoms with Crippen LogP contribution in [0.4, 0.5) is 0 Å². The van der Waals surface area contributed by atoms with Crippen LogP contribution in [0.5, 0.6) is 0 Å². The number of halogens is 3. The molecule has 3 rings (SSSR count). The van der Waals surface area contributed by atoms with E-state index in [0.29, 0.717) is 34.9 Å². The molecule has 156 valence electrons. The van der Waals surface area contributed by atoms with E-state index >= 15 is 0 Å². The number of hydrogen-bond donors (Lipinski definition) is 1. The zero-order chi connectivity index (χ0) is 18.7. The predicted octanol–water partition coefficient (Wildman–Crippen LogP) is 4.66. The van der Waals surface area contributed by atoms with Gasteiger partial charge in [-0.2, -0.15) is 0 Å². The number of likely N-dealkylation sites (tertiary alicyclic amines) is 1. The third-order valence-corrected chi connectivity index (χ3v) is 6.13. The molecule has 3 unspecified atom stereocenters. The maximum atomic E-state index is 12.7. The van der Waals surface area contributed by atoms with E-state index in [2.05, 4.69) is 11.9 Å². The largest absolute Gasteiger partial charge is 0.440 e. The van der Waals surface area contributed by atoms with E-state index in [1.165, 1.54) is 0 Å². The Kier molecular flexibility index (Phi) is 10.1. The second-order valence-electron chi connectivity index (χ2n) is 6.76. The number of aromatic nitrogens is 1. The van der Waals surface area contributed by atoms with Crippen molar-refractivity contribution in [1.29, 1.82) is 0 Å². The van der Waals surface area contributed by atoms with Gasteiger partial charge in [0.2, 0.25) is 11.8 Å². The van der Waals surface area contributed by atoms with Crippen molar-refractivity contribution in [1.82, 2.24) is 9.88 Å². The number of benzene rings is 1. The normalized spacial score (nSPS) is 19.6. The van der Waals surface area contributed by atoms with Gasteiger partial charge in [0.05, 0.1) is 17.2 Å². The summed E-state index contributed by atoms with van der Waals surface area (Å²) in [7, 11) is 0. The lowest BCUT2D eigenvalue weighted by Gasteiger charge is -2.24. The highest BCUT2D eigenvalue weighted by molar-refractivity contribution is 7.99. The lowest BCUT2D eigenvalue weighted by atomic mass is 10.1. The lowest BCUT2D eigenvalue weighted by molar-refractivity contribution is -0.130. The number of carbonyl (C=O) groups is 1. The van der Waals surface area contributed by atoms with Gasteiger partial charge in [-0.05, 0) is 57.0 Å². The molecule has 2 heterocycles. The molecule has 1 fully saturated rings. The number of oxazole rings is 1. The van der Waals surface area contributed by atoms with Crippen LogP contribution in [-0.4, -0.2) is 40.2 Å². The molecule has 1 aliphatic heterocycles. The second-order valence-corrected chi connectivity index (χ2v) is 8.52. The number of thioether (sulfide) groups is 1. The highest BCUT2D eigenvalue weighted by atomic mass is 35.5. The number of amides is 1. The molecule has 5 nitrogen and oxygen atoms in total. The fraction of sp³-hybridized carbons (Fsp3) is 0.474. The van der Waals surface area contributed by atoms with Gasteiger partial charge in [0, 0.05) is 23.2 Å². The van der Waals surface area contributed by atoms with Crippen molar-refractivity contribution in [2.75, 3.05) is 13.1 Å². The highest BCUT2D eigenvalue weighted by Gasteiger charge is 2.33. The molecule has 0 radical (unpaired) electrons. The van der Waals surface area contributed by atoms with Crippen LogP contribution in [0.2, 0.25) is 5.02 Å². The molecular weight excluding hydrogens is 441 g/mol. The smallest absolute Gasteiger partial charge is 0.235 e. The molecule has 3 atom stereocenters. The summed E-state index contributed by atoms with van der Waals surface area (Å²) in [6, 6.07) is 7.70. The van der Waals surface area contributed by atoms with E-state index in [1.54, 1.807) is 18.0 Å². The second kappa shape index (κ2) is 11.3. The van der Waals surface area contributed by atoms with Gasteiger partial charge in [0.25, 0.3) is 0 Å². The Morgan fingerprint density at radius 2 is 2.07 bits per heavy atom. The van der Waals surface area contributed by atoms with E-state index < -0.39 is 0 Å². The van der Waals surface area contributed by atoms with Crippen molar-refractivity contribution >= 4 is 54.1 Å². The maximum Gasteiger partial charge on any atom is 0.235 e. The molecule has 1 saturated heterocycles. The summed E-state index contributed by atoms with van der Waals surface area (Å²) in [6.07, 6.45) is 2.70. The fourth-order valence-electron chi connectivity index (χ4n) is 3.25. The number of rotatable bonds is 6. The van der Waals surface area contributed by atoms with Crippen LogP contribution in [0.25, 0.3) is 11.3 Å². The average Bonchev–Trinajstić information content (AvgIpc) is 3.26. The third kappa shape index (κ3) is 6.04. The van der Waals surface area contributed by atoms with Crippen LogP contribution < -0.4 is 5.73 Å². The van der Waals surface area contributed by atoms with Crippen molar-refractivity contribution in [2.45, 2.75) is 37.3 Å². The van der Waals surface area contributed by atoms with Crippen LogP contribution in [0.1, 0.15) is 26.2 Å². The molecule has 0 aliphatic carbocycles. The molecular formula is C19H26Cl3N3O2S. The van der Waals surface area contributed by atoms with Crippen LogP contribution >= 0.6 is 48.2 Å². The number of carbonyl (C=O) groups excluding carboxylic acids is 1. The highest BCUT2D eigenvalue weighted by Crippen LogP contribution is 2.28. The van der Waals surface area contributed by atoms with Gasteiger partial charge in [-0.15, -0.1) is 36.6 Å². The predicted molar refractivity (Wildman–Crippen MR) is 121 cm³/mol. The minimum atomic E-state index is -0.139. The van der Waals surface area contributed by atoms with E-state index in [0.717, 1.165) is 18.5 Å². The quantitative estimate of drug-likeness (QED) is 0.670. The number of nitrogens with zero attached hydrogens (tertiary/aromatic N) is 2. The zero-order valence-electron chi connectivity index (χ0n) is 15.8. The molecule has 0 bridgehead atoms. The zero-order valence-corrected chi connectivity index (χ0v) is 19.0. The number of nitrogens with two attached hydrogens (primary N) is 1. The molecule has 2 aromatic rings. The SMILES string of the molecule is CC(SCc1ncc(-c2ccc(Cl)cc2)o1)C(=O)N1CC(CN)CC1C.Cl.Cl. The van der Waals surface area contributed by atoms with Crippen molar-refractivity contribution < 1.29 is 9.21 Å². The van der Waals surface area contributed by atoms with Crippen molar-refractivity contribution in [3.63, 3.8) is 0 Å². The van der Waals surface area contributed by atoms with E-state index in [-0.39, 0.29) is 42.0 Å². The summed E-state index contributed by atoms with van der Waals surface area (Å²) in [6.45, 7) is 5.44.